The van der Waals surface area contributed by atoms with Gasteiger partial charge in [-0.1, -0.05) is 15.9 Å². The van der Waals surface area contributed by atoms with Crippen molar-refractivity contribution in [3.63, 3.8) is 0 Å². The van der Waals surface area contributed by atoms with Crippen molar-refractivity contribution in [3.05, 3.63) is 22.7 Å². The molecule has 0 radical (unpaired) electrons. The lowest BCUT2D eigenvalue weighted by atomic mass is 10.3. The molecule has 3 N–H and O–H groups in total. The first kappa shape index (κ1) is 11.6. The molecule has 3 nitrogen and oxygen atoms in total. The summed E-state index contributed by atoms with van der Waals surface area (Å²) in [4.78, 5) is 0. The van der Waals surface area contributed by atoms with Crippen LogP contribution in [0.1, 0.15) is 0 Å². The number of halogens is 2. The van der Waals surface area contributed by atoms with Gasteiger partial charge in [0.2, 0.25) is 0 Å². The van der Waals surface area contributed by atoms with Crippen molar-refractivity contribution in [2.45, 2.75) is 6.10 Å². The summed E-state index contributed by atoms with van der Waals surface area (Å²) in [5.41, 5.74) is 0.573. The van der Waals surface area contributed by atoms with Crippen molar-refractivity contribution < 1.29 is 10.2 Å². The average molecular weight is 281 g/mol. The molecular weight excluding hydrogens is 269 g/mol. The van der Waals surface area contributed by atoms with Crippen LogP contribution in [0.4, 0.5) is 5.69 Å². The summed E-state index contributed by atoms with van der Waals surface area (Å²) in [7, 11) is 0. The maximum atomic E-state index is 9.42. The Labute approximate surface area is 95.8 Å². The molecule has 78 valence electrons. The Morgan fingerprint density at radius 2 is 2.21 bits per heavy atom. The third-order valence-electron chi connectivity index (χ3n) is 1.66. The summed E-state index contributed by atoms with van der Waals surface area (Å²) in [5, 5.41) is 21.5. The molecule has 1 atom stereocenters. The Morgan fingerprint density at radius 1 is 1.50 bits per heavy atom. The quantitative estimate of drug-likeness (QED) is 0.585. The lowest BCUT2D eigenvalue weighted by Crippen LogP contribution is -2.20. The first-order valence-corrected chi connectivity index (χ1v) is 5.42. The summed E-state index contributed by atoms with van der Waals surface area (Å²) in [5.74, 6) is 0.317. The number of anilines is 1. The third kappa shape index (κ3) is 3.36. The van der Waals surface area contributed by atoms with Crippen LogP contribution in [0.2, 0.25) is 0 Å². The first-order chi connectivity index (χ1) is 6.63. The fraction of sp³-hybridized carbons (Fsp3) is 0.333. The van der Waals surface area contributed by atoms with Crippen molar-refractivity contribution >= 4 is 33.2 Å². The van der Waals surface area contributed by atoms with Crippen LogP contribution < -0.4 is 5.32 Å². The first-order valence-electron chi connectivity index (χ1n) is 4.10. The Balaban J connectivity index is 2.62. The van der Waals surface area contributed by atoms with E-state index in [4.69, 9.17) is 11.6 Å². The molecule has 1 aromatic carbocycles. The number of benzene rings is 1. The zero-order valence-electron chi connectivity index (χ0n) is 7.37. The molecule has 0 saturated carbocycles. The van der Waals surface area contributed by atoms with Gasteiger partial charge in [-0.3, -0.25) is 0 Å². The molecule has 0 spiro atoms. The van der Waals surface area contributed by atoms with E-state index >= 15 is 0 Å². The standard InChI is InChI=1S/C9H11BrClNO2/c10-6-1-2-9(14)8(3-6)12-5-7(13)4-11/h1-3,7,12-14H,4-5H2. The molecule has 1 aromatic rings. The van der Waals surface area contributed by atoms with Crippen LogP contribution in [0.5, 0.6) is 5.75 Å². The van der Waals surface area contributed by atoms with Gasteiger partial charge in [-0.05, 0) is 18.2 Å². The second kappa shape index (κ2) is 5.44. The molecule has 0 aromatic heterocycles. The maximum Gasteiger partial charge on any atom is 0.138 e. The Bertz CT molecular complexity index is 309. The molecule has 0 fully saturated rings. The third-order valence-corrected chi connectivity index (χ3v) is 2.51. The molecular formula is C9H11BrClNO2. The maximum absolute atomic E-state index is 9.42. The molecule has 0 bridgehead atoms. The summed E-state index contributed by atoms with van der Waals surface area (Å²) >= 11 is 8.71. The molecule has 0 aliphatic heterocycles. The van der Waals surface area contributed by atoms with Gasteiger partial charge in [0.25, 0.3) is 0 Å². The normalized spacial score (nSPS) is 12.5. The van der Waals surface area contributed by atoms with Crippen molar-refractivity contribution in [1.29, 1.82) is 0 Å². The summed E-state index contributed by atoms with van der Waals surface area (Å²) in [6.45, 7) is 0.313. The Hall–Kier alpha value is -0.450. The van der Waals surface area contributed by atoms with E-state index in [-0.39, 0.29) is 11.6 Å². The lowest BCUT2D eigenvalue weighted by Gasteiger charge is -2.11. The van der Waals surface area contributed by atoms with Crippen LogP contribution in [-0.4, -0.2) is 28.7 Å². The smallest absolute Gasteiger partial charge is 0.138 e. The van der Waals surface area contributed by atoms with Gasteiger partial charge in [0.1, 0.15) is 5.75 Å². The van der Waals surface area contributed by atoms with Crippen LogP contribution in [0.25, 0.3) is 0 Å². The number of phenolic OH excluding ortho intramolecular Hbond substituents is 1. The van der Waals surface area contributed by atoms with Gasteiger partial charge in [-0.2, -0.15) is 0 Å². The minimum Gasteiger partial charge on any atom is -0.506 e. The van der Waals surface area contributed by atoms with Crippen molar-refractivity contribution in [1.82, 2.24) is 0 Å². The molecule has 0 heterocycles. The van der Waals surface area contributed by atoms with Crippen molar-refractivity contribution in [3.8, 4) is 5.75 Å². The number of aliphatic hydroxyl groups is 1. The predicted molar refractivity (Wildman–Crippen MR) is 61.0 cm³/mol. The van der Waals surface area contributed by atoms with Crippen LogP contribution in [0.3, 0.4) is 0 Å². The number of phenols is 1. The number of aliphatic hydroxyl groups excluding tert-OH is 1. The van der Waals surface area contributed by atoms with Crippen LogP contribution in [0, 0.1) is 0 Å². The second-order valence-electron chi connectivity index (χ2n) is 2.85. The van der Waals surface area contributed by atoms with Gasteiger partial charge in [-0.25, -0.2) is 0 Å². The topological polar surface area (TPSA) is 52.5 Å². The number of nitrogens with one attached hydrogen (secondary N) is 1. The highest BCUT2D eigenvalue weighted by molar-refractivity contribution is 9.10. The van der Waals surface area contributed by atoms with E-state index in [0.29, 0.717) is 12.2 Å². The monoisotopic (exact) mass is 279 g/mol. The molecule has 5 heteroatoms. The number of alkyl halides is 1. The minimum absolute atomic E-state index is 0.148. The van der Waals surface area contributed by atoms with E-state index in [1.165, 1.54) is 0 Å². The predicted octanol–water partition coefficient (Wildman–Crippen LogP) is 2.17. The summed E-state index contributed by atoms with van der Waals surface area (Å²) in [6, 6.07) is 5.04. The number of hydrogen-bond acceptors (Lipinski definition) is 3. The highest BCUT2D eigenvalue weighted by Crippen LogP contribution is 2.26. The molecule has 0 aliphatic carbocycles. The lowest BCUT2D eigenvalue weighted by molar-refractivity contribution is 0.211. The van der Waals surface area contributed by atoms with E-state index in [0.717, 1.165) is 4.47 Å². The molecule has 14 heavy (non-hydrogen) atoms. The van der Waals surface area contributed by atoms with Crippen molar-refractivity contribution in [2.24, 2.45) is 0 Å². The minimum atomic E-state index is -0.616. The van der Waals surface area contributed by atoms with Gasteiger partial charge in [0, 0.05) is 11.0 Å². The van der Waals surface area contributed by atoms with Crippen LogP contribution >= 0.6 is 27.5 Å². The summed E-state index contributed by atoms with van der Waals surface area (Å²) in [6.07, 6.45) is -0.616. The van der Waals surface area contributed by atoms with Gasteiger partial charge in [-0.15, -0.1) is 11.6 Å². The highest BCUT2D eigenvalue weighted by atomic mass is 79.9. The Kier molecular flexibility index (Phi) is 4.51. The molecule has 0 amide bonds. The second-order valence-corrected chi connectivity index (χ2v) is 4.07. The number of rotatable bonds is 4. The number of aromatic hydroxyl groups is 1. The molecule has 0 aliphatic rings. The van der Waals surface area contributed by atoms with Gasteiger partial charge < -0.3 is 15.5 Å². The Morgan fingerprint density at radius 3 is 2.86 bits per heavy atom. The average Bonchev–Trinajstić information content (AvgIpc) is 2.19. The van der Waals surface area contributed by atoms with E-state index < -0.39 is 6.10 Å². The van der Waals surface area contributed by atoms with Gasteiger partial charge >= 0.3 is 0 Å². The zero-order chi connectivity index (χ0) is 10.6. The molecule has 1 rings (SSSR count). The fourth-order valence-electron chi connectivity index (χ4n) is 0.932. The number of hydrogen-bond donors (Lipinski definition) is 3. The van der Waals surface area contributed by atoms with E-state index in [1.807, 2.05) is 0 Å². The van der Waals surface area contributed by atoms with E-state index in [2.05, 4.69) is 21.2 Å². The van der Waals surface area contributed by atoms with Crippen LogP contribution in [0.15, 0.2) is 22.7 Å². The fourth-order valence-corrected chi connectivity index (χ4v) is 1.40. The van der Waals surface area contributed by atoms with E-state index in [9.17, 15) is 10.2 Å². The SMILES string of the molecule is Oc1ccc(Br)cc1NCC(O)CCl. The zero-order valence-corrected chi connectivity index (χ0v) is 9.72. The van der Waals surface area contributed by atoms with Gasteiger partial charge in [0.05, 0.1) is 17.7 Å². The van der Waals surface area contributed by atoms with Crippen molar-refractivity contribution in [2.75, 3.05) is 17.7 Å². The molecule has 1 unspecified atom stereocenters. The van der Waals surface area contributed by atoms with E-state index in [1.54, 1.807) is 18.2 Å². The van der Waals surface area contributed by atoms with Gasteiger partial charge in [0.15, 0.2) is 0 Å². The largest absolute Gasteiger partial charge is 0.506 e. The summed E-state index contributed by atoms with van der Waals surface area (Å²) < 4.78 is 0.859. The highest BCUT2D eigenvalue weighted by Gasteiger charge is 2.04. The molecule has 0 saturated heterocycles. The van der Waals surface area contributed by atoms with Crippen LogP contribution in [-0.2, 0) is 0 Å².